The molecule has 2 atom stereocenters. The molecule has 0 radical (unpaired) electrons. The van der Waals surface area contributed by atoms with Crippen LogP contribution >= 0.6 is 23.2 Å². The van der Waals surface area contributed by atoms with Crippen molar-refractivity contribution in [3.8, 4) is 0 Å². The standard InChI is InChI=1S/C16H19Cl2N3O2/c1-9-5-20(6-10(2)23-9)7-12-4-14(22)21-8-13(17)11(3)15(18)16(21)19-12/h4,8-10H,5-7H2,1-3H3. The second-order valence-corrected chi connectivity index (χ2v) is 6.93. The van der Waals surface area contributed by atoms with Crippen molar-refractivity contribution in [2.45, 2.75) is 39.5 Å². The maximum atomic E-state index is 12.3. The monoisotopic (exact) mass is 355 g/mol. The molecule has 1 saturated heterocycles. The zero-order valence-corrected chi connectivity index (χ0v) is 14.9. The maximum absolute atomic E-state index is 12.3. The van der Waals surface area contributed by atoms with Gasteiger partial charge in [-0.1, -0.05) is 23.2 Å². The van der Waals surface area contributed by atoms with E-state index < -0.39 is 0 Å². The van der Waals surface area contributed by atoms with Crippen LogP contribution in [0.3, 0.4) is 0 Å². The largest absolute Gasteiger partial charge is 0.373 e. The zero-order valence-electron chi connectivity index (χ0n) is 13.3. The quantitative estimate of drug-likeness (QED) is 0.830. The van der Waals surface area contributed by atoms with Crippen LogP contribution in [0.15, 0.2) is 17.1 Å². The molecule has 0 spiro atoms. The van der Waals surface area contributed by atoms with E-state index in [0.717, 1.165) is 18.7 Å². The van der Waals surface area contributed by atoms with Gasteiger partial charge in [0.2, 0.25) is 0 Å². The molecule has 0 aliphatic carbocycles. The molecule has 7 heteroatoms. The van der Waals surface area contributed by atoms with Crippen LogP contribution in [0.25, 0.3) is 5.65 Å². The molecule has 2 unspecified atom stereocenters. The molecular weight excluding hydrogens is 337 g/mol. The van der Waals surface area contributed by atoms with Gasteiger partial charge in [-0.2, -0.15) is 0 Å². The Morgan fingerprint density at radius 2 is 1.96 bits per heavy atom. The van der Waals surface area contributed by atoms with Crippen molar-refractivity contribution >= 4 is 28.8 Å². The normalized spacial score (nSPS) is 22.7. The van der Waals surface area contributed by atoms with Crippen LogP contribution < -0.4 is 5.56 Å². The summed E-state index contributed by atoms with van der Waals surface area (Å²) in [6, 6.07) is 1.54. The molecular formula is C16H19Cl2N3O2. The second kappa shape index (κ2) is 6.40. The fourth-order valence-corrected chi connectivity index (χ4v) is 3.50. The molecule has 2 aromatic rings. The smallest absolute Gasteiger partial charge is 0.258 e. The fraction of sp³-hybridized carbons (Fsp3) is 0.500. The first-order valence-electron chi connectivity index (χ1n) is 7.60. The van der Waals surface area contributed by atoms with E-state index >= 15 is 0 Å². The molecule has 3 heterocycles. The van der Waals surface area contributed by atoms with Crippen LogP contribution in [-0.4, -0.2) is 39.6 Å². The van der Waals surface area contributed by atoms with Gasteiger partial charge in [0.15, 0.2) is 5.65 Å². The van der Waals surface area contributed by atoms with Crippen LogP contribution in [0, 0.1) is 6.92 Å². The molecule has 0 bridgehead atoms. The first kappa shape index (κ1) is 16.7. The lowest BCUT2D eigenvalue weighted by Gasteiger charge is -2.35. The Kier molecular flexibility index (Phi) is 4.65. The van der Waals surface area contributed by atoms with E-state index in [9.17, 15) is 4.79 Å². The number of rotatable bonds is 2. The van der Waals surface area contributed by atoms with Gasteiger partial charge in [-0.05, 0) is 26.3 Å². The Hall–Kier alpha value is -1.14. The zero-order chi connectivity index (χ0) is 16.7. The topological polar surface area (TPSA) is 46.8 Å². The Labute approximate surface area is 144 Å². The lowest BCUT2D eigenvalue weighted by Crippen LogP contribution is -2.45. The Balaban J connectivity index is 1.98. The lowest BCUT2D eigenvalue weighted by molar-refractivity contribution is -0.0707. The summed E-state index contributed by atoms with van der Waals surface area (Å²) in [7, 11) is 0. The molecule has 2 aromatic heterocycles. The van der Waals surface area contributed by atoms with E-state index in [0.29, 0.717) is 27.9 Å². The first-order chi connectivity index (χ1) is 10.8. The van der Waals surface area contributed by atoms with Gasteiger partial charge in [0.25, 0.3) is 5.56 Å². The van der Waals surface area contributed by atoms with E-state index in [1.807, 2.05) is 20.8 Å². The van der Waals surface area contributed by atoms with Gasteiger partial charge in [-0.3, -0.25) is 14.1 Å². The van der Waals surface area contributed by atoms with E-state index in [2.05, 4.69) is 9.88 Å². The van der Waals surface area contributed by atoms with E-state index in [1.54, 1.807) is 12.3 Å². The number of nitrogens with zero attached hydrogens (tertiary/aromatic N) is 3. The Morgan fingerprint density at radius 1 is 1.30 bits per heavy atom. The van der Waals surface area contributed by atoms with Crippen molar-refractivity contribution in [3.05, 3.63) is 43.9 Å². The summed E-state index contributed by atoms with van der Waals surface area (Å²) in [6.07, 6.45) is 1.91. The van der Waals surface area contributed by atoms with Gasteiger partial charge < -0.3 is 4.74 Å². The average Bonchev–Trinajstić information content (AvgIpc) is 2.45. The van der Waals surface area contributed by atoms with Crippen LogP contribution in [0.5, 0.6) is 0 Å². The molecule has 0 N–H and O–H groups in total. The minimum Gasteiger partial charge on any atom is -0.373 e. The number of hydrogen-bond donors (Lipinski definition) is 0. The number of hydrogen-bond acceptors (Lipinski definition) is 4. The van der Waals surface area contributed by atoms with E-state index in [4.69, 9.17) is 27.9 Å². The van der Waals surface area contributed by atoms with Crippen LogP contribution in [0.4, 0.5) is 0 Å². The van der Waals surface area contributed by atoms with Crippen molar-refractivity contribution in [1.82, 2.24) is 14.3 Å². The highest BCUT2D eigenvalue weighted by molar-refractivity contribution is 6.37. The van der Waals surface area contributed by atoms with Gasteiger partial charge in [-0.15, -0.1) is 0 Å². The van der Waals surface area contributed by atoms with Crippen LogP contribution in [0.2, 0.25) is 10.0 Å². The van der Waals surface area contributed by atoms with E-state index in [1.165, 1.54) is 4.40 Å². The molecule has 1 aliphatic heterocycles. The molecule has 3 rings (SSSR count). The SMILES string of the molecule is Cc1c(Cl)cn2c(=O)cc(CN3CC(C)OC(C)C3)nc2c1Cl. The highest BCUT2D eigenvalue weighted by Crippen LogP contribution is 2.26. The summed E-state index contributed by atoms with van der Waals surface area (Å²) in [5.41, 5.74) is 1.71. The van der Waals surface area contributed by atoms with Crippen molar-refractivity contribution in [1.29, 1.82) is 0 Å². The third-order valence-corrected chi connectivity index (χ3v) is 4.85. The summed E-state index contributed by atoms with van der Waals surface area (Å²) in [6.45, 7) is 8.15. The summed E-state index contributed by atoms with van der Waals surface area (Å²) in [4.78, 5) is 19.2. The van der Waals surface area contributed by atoms with Crippen molar-refractivity contribution < 1.29 is 4.74 Å². The van der Waals surface area contributed by atoms with Gasteiger partial charge >= 0.3 is 0 Å². The molecule has 1 fully saturated rings. The van der Waals surface area contributed by atoms with Gasteiger partial charge in [0.05, 0.1) is 27.9 Å². The predicted molar refractivity (Wildman–Crippen MR) is 91.5 cm³/mol. The number of ether oxygens (including phenoxy) is 1. The molecule has 5 nitrogen and oxygen atoms in total. The number of pyridine rings is 1. The predicted octanol–water partition coefficient (Wildman–Crippen LogP) is 2.92. The second-order valence-electron chi connectivity index (χ2n) is 6.15. The Bertz CT molecular complexity index is 796. The summed E-state index contributed by atoms with van der Waals surface area (Å²) < 4.78 is 7.13. The minimum atomic E-state index is -0.178. The number of fused-ring (bicyclic) bond motifs is 1. The lowest BCUT2D eigenvalue weighted by atomic mass is 10.2. The summed E-state index contributed by atoms with van der Waals surface area (Å²) in [5, 5.41) is 0.871. The third kappa shape index (κ3) is 3.38. The fourth-order valence-electron chi connectivity index (χ4n) is 3.02. The van der Waals surface area contributed by atoms with Crippen LogP contribution in [-0.2, 0) is 11.3 Å². The average molecular weight is 356 g/mol. The third-order valence-electron chi connectivity index (χ3n) is 4.01. The molecule has 124 valence electrons. The van der Waals surface area contributed by atoms with E-state index in [-0.39, 0.29) is 17.8 Å². The highest BCUT2D eigenvalue weighted by atomic mass is 35.5. The van der Waals surface area contributed by atoms with Crippen LogP contribution in [0.1, 0.15) is 25.1 Å². The first-order valence-corrected chi connectivity index (χ1v) is 8.35. The van der Waals surface area contributed by atoms with Gasteiger partial charge in [-0.25, -0.2) is 4.98 Å². The molecule has 0 saturated carbocycles. The summed E-state index contributed by atoms with van der Waals surface area (Å²) in [5.74, 6) is 0. The molecule has 0 aromatic carbocycles. The Morgan fingerprint density at radius 3 is 2.61 bits per heavy atom. The van der Waals surface area contributed by atoms with Gasteiger partial charge in [0.1, 0.15) is 0 Å². The number of aromatic nitrogens is 2. The highest BCUT2D eigenvalue weighted by Gasteiger charge is 2.23. The number of halogens is 2. The van der Waals surface area contributed by atoms with Crippen molar-refractivity contribution in [2.24, 2.45) is 0 Å². The minimum absolute atomic E-state index is 0.171. The molecule has 0 amide bonds. The van der Waals surface area contributed by atoms with Crippen molar-refractivity contribution in [3.63, 3.8) is 0 Å². The molecule has 1 aliphatic rings. The summed E-state index contributed by atoms with van der Waals surface area (Å²) >= 11 is 12.4. The van der Waals surface area contributed by atoms with Crippen molar-refractivity contribution in [2.75, 3.05) is 13.1 Å². The molecule has 23 heavy (non-hydrogen) atoms. The number of morpholine rings is 1. The maximum Gasteiger partial charge on any atom is 0.258 e. The van der Waals surface area contributed by atoms with Gasteiger partial charge in [0, 0.05) is 31.9 Å².